The normalized spacial score (nSPS) is 22.7. The van der Waals surface area contributed by atoms with Crippen molar-refractivity contribution in [1.82, 2.24) is 10.2 Å². The third-order valence-corrected chi connectivity index (χ3v) is 4.58. The van der Waals surface area contributed by atoms with E-state index in [2.05, 4.69) is 27.7 Å². The van der Waals surface area contributed by atoms with E-state index < -0.39 is 0 Å². The van der Waals surface area contributed by atoms with E-state index in [1.54, 1.807) is 18.4 Å². The molecule has 0 radical (unpaired) electrons. The Morgan fingerprint density at radius 1 is 1.72 bits per heavy atom. The molecule has 0 spiro atoms. The molecule has 0 aliphatic carbocycles. The van der Waals surface area contributed by atoms with Crippen LogP contribution in [0.3, 0.4) is 0 Å². The first-order chi connectivity index (χ1) is 8.76. The summed E-state index contributed by atoms with van der Waals surface area (Å²) < 4.78 is 0. The van der Waals surface area contributed by atoms with Gasteiger partial charge < -0.3 is 11.1 Å². The van der Waals surface area contributed by atoms with Crippen LogP contribution in [0.2, 0.25) is 0 Å². The van der Waals surface area contributed by atoms with Gasteiger partial charge in [-0.2, -0.15) is 0 Å². The Morgan fingerprint density at radius 2 is 2.56 bits per heavy atom. The molecule has 2 atom stereocenters. The standard InChI is InChI=1S/C13H21N3OS/c1-15-13(17)10-4-2-6-16(9-10)11(8-14)12-5-3-7-18-12/h3,5,7,10-11H,2,4,6,8-9,14H2,1H3,(H,15,17). The van der Waals surface area contributed by atoms with Gasteiger partial charge in [0.05, 0.1) is 12.0 Å². The van der Waals surface area contributed by atoms with Gasteiger partial charge >= 0.3 is 0 Å². The highest BCUT2D eigenvalue weighted by Crippen LogP contribution is 2.28. The first-order valence-corrected chi connectivity index (χ1v) is 7.33. The summed E-state index contributed by atoms with van der Waals surface area (Å²) in [4.78, 5) is 15.4. The number of nitrogens with two attached hydrogens (primary N) is 1. The largest absolute Gasteiger partial charge is 0.359 e. The molecular formula is C13H21N3OS. The predicted octanol–water partition coefficient (Wildman–Crippen LogP) is 1.21. The fraction of sp³-hybridized carbons (Fsp3) is 0.615. The molecule has 1 aliphatic heterocycles. The van der Waals surface area contributed by atoms with Gasteiger partial charge in [-0.25, -0.2) is 0 Å². The quantitative estimate of drug-likeness (QED) is 0.862. The zero-order chi connectivity index (χ0) is 13.0. The summed E-state index contributed by atoms with van der Waals surface area (Å²) in [7, 11) is 1.71. The van der Waals surface area contributed by atoms with Crippen LogP contribution in [-0.4, -0.2) is 37.5 Å². The Hall–Kier alpha value is -0.910. The maximum Gasteiger partial charge on any atom is 0.224 e. The van der Waals surface area contributed by atoms with Crippen LogP contribution >= 0.6 is 11.3 Å². The van der Waals surface area contributed by atoms with Gasteiger partial charge in [0.1, 0.15) is 0 Å². The Balaban J connectivity index is 2.05. The molecule has 1 amide bonds. The van der Waals surface area contributed by atoms with Crippen molar-refractivity contribution in [2.45, 2.75) is 18.9 Å². The Kier molecular flexibility index (Phi) is 4.74. The van der Waals surface area contributed by atoms with Crippen LogP contribution in [0.25, 0.3) is 0 Å². The number of hydrogen-bond acceptors (Lipinski definition) is 4. The van der Waals surface area contributed by atoms with Crippen LogP contribution in [0.1, 0.15) is 23.8 Å². The fourth-order valence-electron chi connectivity index (χ4n) is 2.63. The molecule has 4 nitrogen and oxygen atoms in total. The molecule has 1 aromatic heterocycles. The van der Waals surface area contributed by atoms with Crippen LogP contribution in [0.4, 0.5) is 0 Å². The summed E-state index contributed by atoms with van der Waals surface area (Å²) in [6, 6.07) is 4.45. The van der Waals surface area contributed by atoms with Crippen LogP contribution in [0.5, 0.6) is 0 Å². The fourth-order valence-corrected chi connectivity index (χ4v) is 3.51. The zero-order valence-electron chi connectivity index (χ0n) is 10.8. The highest BCUT2D eigenvalue weighted by molar-refractivity contribution is 7.10. The minimum Gasteiger partial charge on any atom is -0.359 e. The highest BCUT2D eigenvalue weighted by Gasteiger charge is 2.29. The second-order valence-electron chi connectivity index (χ2n) is 4.72. The lowest BCUT2D eigenvalue weighted by atomic mass is 9.95. The van der Waals surface area contributed by atoms with Crippen LogP contribution < -0.4 is 11.1 Å². The van der Waals surface area contributed by atoms with Crippen molar-refractivity contribution >= 4 is 17.2 Å². The number of piperidine rings is 1. The topological polar surface area (TPSA) is 58.4 Å². The lowest BCUT2D eigenvalue weighted by molar-refractivity contribution is -0.126. The van der Waals surface area contributed by atoms with Crippen molar-refractivity contribution in [2.24, 2.45) is 11.7 Å². The lowest BCUT2D eigenvalue weighted by Gasteiger charge is -2.36. The Labute approximate surface area is 112 Å². The molecule has 1 aromatic rings. The first-order valence-electron chi connectivity index (χ1n) is 6.45. The van der Waals surface area contributed by atoms with Crippen molar-refractivity contribution in [1.29, 1.82) is 0 Å². The van der Waals surface area contributed by atoms with Gasteiger partial charge in [0, 0.05) is 25.0 Å². The molecule has 2 unspecified atom stereocenters. The number of nitrogens with one attached hydrogen (secondary N) is 1. The van der Waals surface area contributed by atoms with Crippen molar-refractivity contribution in [2.75, 3.05) is 26.7 Å². The molecule has 2 rings (SSSR count). The number of hydrogen-bond donors (Lipinski definition) is 2. The number of rotatable bonds is 4. The van der Waals surface area contributed by atoms with E-state index >= 15 is 0 Å². The number of carbonyl (C=O) groups is 1. The molecular weight excluding hydrogens is 246 g/mol. The lowest BCUT2D eigenvalue weighted by Crippen LogP contribution is -2.45. The second-order valence-corrected chi connectivity index (χ2v) is 5.69. The maximum absolute atomic E-state index is 11.7. The van der Waals surface area contributed by atoms with E-state index in [0.29, 0.717) is 6.54 Å². The van der Waals surface area contributed by atoms with Crippen LogP contribution in [0.15, 0.2) is 17.5 Å². The van der Waals surface area contributed by atoms with Crippen LogP contribution in [-0.2, 0) is 4.79 Å². The van der Waals surface area contributed by atoms with Gasteiger partial charge in [0.25, 0.3) is 0 Å². The number of likely N-dealkylation sites (tertiary alicyclic amines) is 1. The van der Waals surface area contributed by atoms with E-state index in [1.165, 1.54) is 4.88 Å². The molecule has 0 bridgehead atoms. The zero-order valence-corrected chi connectivity index (χ0v) is 11.6. The van der Waals surface area contributed by atoms with Crippen molar-refractivity contribution < 1.29 is 4.79 Å². The molecule has 18 heavy (non-hydrogen) atoms. The van der Waals surface area contributed by atoms with E-state index in [9.17, 15) is 4.79 Å². The molecule has 100 valence electrons. The molecule has 0 aromatic carbocycles. The molecule has 1 saturated heterocycles. The molecule has 2 heterocycles. The van der Waals surface area contributed by atoms with E-state index in [0.717, 1.165) is 25.9 Å². The highest BCUT2D eigenvalue weighted by atomic mass is 32.1. The second kappa shape index (κ2) is 6.31. The van der Waals surface area contributed by atoms with E-state index in [-0.39, 0.29) is 17.9 Å². The summed E-state index contributed by atoms with van der Waals surface area (Å²) in [5.41, 5.74) is 5.91. The SMILES string of the molecule is CNC(=O)C1CCCN(C(CN)c2cccs2)C1. The molecule has 1 fully saturated rings. The average Bonchev–Trinajstić information content (AvgIpc) is 2.93. The average molecular weight is 267 g/mol. The minimum atomic E-state index is 0.109. The van der Waals surface area contributed by atoms with Gasteiger partial charge in [-0.3, -0.25) is 9.69 Å². The summed E-state index contributed by atoms with van der Waals surface area (Å²) in [5.74, 6) is 0.263. The van der Waals surface area contributed by atoms with Crippen molar-refractivity contribution in [3.8, 4) is 0 Å². The van der Waals surface area contributed by atoms with Gasteiger partial charge in [-0.05, 0) is 30.8 Å². The molecule has 5 heteroatoms. The van der Waals surface area contributed by atoms with Crippen LogP contribution in [0, 0.1) is 5.92 Å². The Morgan fingerprint density at radius 3 is 3.17 bits per heavy atom. The summed E-state index contributed by atoms with van der Waals surface area (Å²) >= 11 is 1.74. The number of carbonyl (C=O) groups excluding carboxylic acids is 1. The summed E-state index contributed by atoms with van der Waals surface area (Å²) in [6.45, 7) is 2.47. The molecule has 1 aliphatic rings. The summed E-state index contributed by atoms with van der Waals surface area (Å²) in [6.07, 6.45) is 2.05. The maximum atomic E-state index is 11.7. The van der Waals surface area contributed by atoms with Crippen molar-refractivity contribution in [3.63, 3.8) is 0 Å². The predicted molar refractivity (Wildman–Crippen MR) is 74.5 cm³/mol. The minimum absolute atomic E-state index is 0.109. The summed E-state index contributed by atoms with van der Waals surface area (Å²) in [5, 5.41) is 4.83. The molecule has 3 N–H and O–H groups in total. The number of thiophene rings is 1. The number of amides is 1. The van der Waals surface area contributed by atoms with E-state index in [1.807, 2.05) is 0 Å². The third kappa shape index (κ3) is 2.91. The van der Waals surface area contributed by atoms with Gasteiger partial charge in [-0.1, -0.05) is 6.07 Å². The van der Waals surface area contributed by atoms with Gasteiger partial charge in [0.15, 0.2) is 0 Å². The number of nitrogens with zero attached hydrogens (tertiary/aromatic N) is 1. The molecule has 0 saturated carbocycles. The first kappa shape index (κ1) is 13.5. The monoisotopic (exact) mass is 267 g/mol. The van der Waals surface area contributed by atoms with Gasteiger partial charge in [-0.15, -0.1) is 11.3 Å². The van der Waals surface area contributed by atoms with Crippen molar-refractivity contribution in [3.05, 3.63) is 22.4 Å². The smallest absolute Gasteiger partial charge is 0.224 e. The Bertz CT molecular complexity index is 380. The van der Waals surface area contributed by atoms with Gasteiger partial charge in [0.2, 0.25) is 5.91 Å². The third-order valence-electron chi connectivity index (χ3n) is 3.61. The van der Waals surface area contributed by atoms with E-state index in [4.69, 9.17) is 5.73 Å².